The molecule has 3 nitrogen and oxygen atoms in total. The number of nitrogens with two attached hydrogens (primary N) is 1. The van der Waals surface area contributed by atoms with Gasteiger partial charge in [0.25, 0.3) is 0 Å². The third kappa shape index (κ3) is 4.27. The Balaban J connectivity index is 1.82. The lowest BCUT2D eigenvalue weighted by Crippen LogP contribution is -2.42. The lowest BCUT2D eigenvalue weighted by Gasteiger charge is -2.33. The third-order valence-electron chi connectivity index (χ3n) is 4.49. The summed E-state index contributed by atoms with van der Waals surface area (Å²) in [7, 11) is 0. The highest BCUT2D eigenvalue weighted by Crippen LogP contribution is 2.20. The Morgan fingerprint density at radius 1 is 1.38 bits per heavy atom. The van der Waals surface area contributed by atoms with Gasteiger partial charge in [-0.2, -0.15) is 0 Å². The number of rotatable bonds is 5. The number of amides is 1. The fraction of sp³-hybridized carbons (Fsp3) is 0.588. The van der Waals surface area contributed by atoms with Crippen molar-refractivity contribution in [1.29, 1.82) is 0 Å². The second kappa shape index (κ2) is 7.55. The van der Waals surface area contributed by atoms with Gasteiger partial charge in [0.05, 0.1) is 0 Å². The Labute approximate surface area is 126 Å². The normalized spacial score (nSPS) is 17.8. The van der Waals surface area contributed by atoms with E-state index in [9.17, 15) is 9.18 Å². The van der Waals surface area contributed by atoms with Crippen LogP contribution in [-0.2, 0) is 11.2 Å². The first-order valence-electron chi connectivity index (χ1n) is 7.84. The van der Waals surface area contributed by atoms with Crippen molar-refractivity contribution in [1.82, 2.24) is 4.90 Å². The molecule has 116 valence electrons. The van der Waals surface area contributed by atoms with E-state index in [1.807, 2.05) is 17.9 Å². The molecule has 1 aliphatic rings. The summed E-state index contributed by atoms with van der Waals surface area (Å²) < 4.78 is 13.6. The average molecular weight is 292 g/mol. The molecule has 21 heavy (non-hydrogen) atoms. The SMILES string of the molecule is CC(CCc1ccccc1F)C(=O)N1CCC(CN)CC1. The number of hydrogen-bond acceptors (Lipinski definition) is 2. The van der Waals surface area contributed by atoms with Gasteiger partial charge < -0.3 is 10.6 Å². The molecule has 2 N–H and O–H groups in total. The molecule has 0 aliphatic carbocycles. The highest BCUT2D eigenvalue weighted by atomic mass is 19.1. The quantitative estimate of drug-likeness (QED) is 0.906. The van der Waals surface area contributed by atoms with Gasteiger partial charge in [-0.25, -0.2) is 4.39 Å². The predicted molar refractivity (Wildman–Crippen MR) is 82.2 cm³/mol. The summed E-state index contributed by atoms with van der Waals surface area (Å²) >= 11 is 0. The van der Waals surface area contributed by atoms with Crippen LogP contribution in [0.25, 0.3) is 0 Å². The van der Waals surface area contributed by atoms with E-state index in [-0.39, 0.29) is 17.6 Å². The standard InChI is InChI=1S/C17H25FN2O/c1-13(6-7-15-4-2-3-5-16(15)18)17(21)20-10-8-14(12-19)9-11-20/h2-5,13-14H,6-12,19H2,1H3. The van der Waals surface area contributed by atoms with E-state index in [1.165, 1.54) is 6.07 Å². The van der Waals surface area contributed by atoms with Crippen LogP contribution in [0.3, 0.4) is 0 Å². The molecule has 0 radical (unpaired) electrons. The van der Waals surface area contributed by atoms with Crippen LogP contribution in [0.2, 0.25) is 0 Å². The van der Waals surface area contributed by atoms with Gasteiger partial charge in [-0.05, 0) is 49.8 Å². The van der Waals surface area contributed by atoms with E-state index < -0.39 is 0 Å². The van der Waals surface area contributed by atoms with Crippen molar-refractivity contribution in [2.24, 2.45) is 17.6 Å². The predicted octanol–water partition coefficient (Wildman–Crippen LogP) is 2.59. The molecule has 0 aromatic heterocycles. The summed E-state index contributed by atoms with van der Waals surface area (Å²) in [5.74, 6) is 0.518. The number of likely N-dealkylation sites (tertiary alicyclic amines) is 1. The fourth-order valence-electron chi connectivity index (χ4n) is 2.90. The van der Waals surface area contributed by atoms with Crippen molar-refractivity contribution in [3.63, 3.8) is 0 Å². The van der Waals surface area contributed by atoms with Gasteiger partial charge in [0, 0.05) is 19.0 Å². The van der Waals surface area contributed by atoms with Crippen LogP contribution < -0.4 is 5.73 Å². The van der Waals surface area contributed by atoms with Crippen LogP contribution in [0.4, 0.5) is 4.39 Å². The van der Waals surface area contributed by atoms with Crippen LogP contribution in [0.1, 0.15) is 31.7 Å². The number of halogens is 1. The van der Waals surface area contributed by atoms with E-state index in [4.69, 9.17) is 5.73 Å². The Morgan fingerprint density at radius 3 is 2.67 bits per heavy atom. The van der Waals surface area contributed by atoms with E-state index in [1.54, 1.807) is 12.1 Å². The Kier molecular flexibility index (Phi) is 5.74. The van der Waals surface area contributed by atoms with Crippen LogP contribution >= 0.6 is 0 Å². The van der Waals surface area contributed by atoms with Crippen molar-refractivity contribution >= 4 is 5.91 Å². The number of carbonyl (C=O) groups is 1. The topological polar surface area (TPSA) is 46.3 Å². The zero-order valence-corrected chi connectivity index (χ0v) is 12.7. The molecular formula is C17H25FN2O. The van der Waals surface area contributed by atoms with Crippen molar-refractivity contribution in [2.45, 2.75) is 32.6 Å². The largest absolute Gasteiger partial charge is 0.342 e. The number of benzene rings is 1. The second-order valence-corrected chi connectivity index (χ2v) is 6.04. The van der Waals surface area contributed by atoms with E-state index in [2.05, 4.69) is 0 Å². The summed E-state index contributed by atoms with van der Waals surface area (Å²) in [6.45, 7) is 4.28. The molecule has 0 saturated carbocycles. The summed E-state index contributed by atoms with van der Waals surface area (Å²) in [5, 5.41) is 0. The first-order chi connectivity index (χ1) is 10.1. The molecular weight excluding hydrogens is 267 g/mol. The minimum atomic E-state index is -0.180. The number of carbonyl (C=O) groups excluding carboxylic acids is 1. The second-order valence-electron chi connectivity index (χ2n) is 6.04. The lowest BCUT2D eigenvalue weighted by molar-refractivity contribution is -0.136. The highest BCUT2D eigenvalue weighted by Gasteiger charge is 2.25. The number of nitrogens with zero attached hydrogens (tertiary/aromatic N) is 1. The highest BCUT2D eigenvalue weighted by molar-refractivity contribution is 5.78. The summed E-state index contributed by atoms with van der Waals surface area (Å²) in [5.41, 5.74) is 6.37. The van der Waals surface area contributed by atoms with E-state index >= 15 is 0 Å². The monoisotopic (exact) mass is 292 g/mol. The zero-order valence-electron chi connectivity index (χ0n) is 12.7. The van der Waals surface area contributed by atoms with Crippen molar-refractivity contribution in [2.75, 3.05) is 19.6 Å². The van der Waals surface area contributed by atoms with E-state index in [0.29, 0.717) is 30.9 Å². The minimum Gasteiger partial charge on any atom is -0.342 e. The van der Waals surface area contributed by atoms with Gasteiger partial charge in [0.2, 0.25) is 5.91 Å². The van der Waals surface area contributed by atoms with Crippen molar-refractivity contribution < 1.29 is 9.18 Å². The van der Waals surface area contributed by atoms with Gasteiger partial charge in [-0.1, -0.05) is 25.1 Å². The maximum atomic E-state index is 13.6. The molecule has 4 heteroatoms. The third-order valence-corrected chi connectivity index (χ3v) is 4.49. The molecule has 1 amide bonds. The molecule has 1 aromatic rings. The molecule has 1 heterocycles. The minimum absolute atomic E-state index is 0.0565. The lowest BCUT2D eigenvalue weighted by atomic mass is 9.94. The first-order valence-corrected chi connectivity index (χ1v) is 7.84. The fourth-order valence-corrected chi connectivity index (χ4v) is 2.90. The summed E-state index contributed by atoms with van der Waals surface area (Å²) in [4.78, 5) is 14.3. The first kappa shape index (κ1) is 16.0. The van der Waals surface area contributed by atoms with Crippen LogP contribution in [0, 0.1) is 17.7 Å². The molecule has 0 spiro atoms. The van der Waals surface area contributed by atoms with Gasteiger partial charge in [0.1, 0.15) is 5.82 Å². The van der Waals surface area contributed by atoms with Gasteiger partial charge in [0.15, 0.2) is 0 Å². The Morgan fingerprint density at radius 2 is 2.05 bits per heavy atom. The molecule has 2 rings (SSSR count). The summed E-state index contributed by atoms with van der Waals surface area (Å²) in [6.07, 6.45) is 3.31. The van der Waals surface area contributed by atoms with Gasteiger partial charge >= 0.3 is 0 Å². The van der Waals surface area contributed by atoms with Crippen LogP contribution in [0.15, 0.2) is 24.3 Å². The van der Waals surface area contributed by atoms with Crippen molar-refractivity contribution in [3.8, 4) is 0 Å². The molecule has 1 fully saturated rings. The number of piperidine rings is 1. The smallest absolute Gasteiger partial charge is 0.225 e. The number of hydrogen-bond donors (Lipinski definition) is 1. The van der Waals surface area contributed by atoms with Crippen LogP contribution in [0.5, 0.6) is 0 Å². The Hall–Kier alpha value is -1.42. The van der Waals surface area contributed by atoms with Crippen molar-refractivity contribution in [3.05, 3.63) is 35.6 Å². The van der Waals surface area contributed by atoms with Gasteiger partial charge in [-0.15, -0.1) is 0 Å². The molecule has 1 saturated heterocycles. The maximum absolute atomic E-state index is 13.6. The molecule has 1 aliphatic heterocycles. The number of aryl methyl sites for hydroxylation is 1. The maximum Gasteiger partial charge on any atom is 0.225 e. The molecule has 1 unspecified atom stereocenters. The van der Waals surface area contributed by atoms with Gasteiger partial charge in [-0.3, -0.25) is 4.79 Å². The molecule has 1 aromatic carbocycles. The summed E-state index contributed by atoms with van der Waals surface area (Å²) in [6, 6.07) is 6.79. The Bertz CT molecular complexity index is 470. The average Bonchev–Trinajstić information content (AvgIpc) is 2.53. The molecule has 1 atom stereocenters. The zero-order chi connectivity index (χ0) is 15.2. The van der Waals surface area contributed by atoms with E-state index in [0.717, 1.165) is 25.9 Å². The van der Waals surface area contributed by atoms with Crippen LogP contribution in [-0.4, -0.2) is 30.4 Å². The molecule has 0 bridgehead atoms.